The van der Waals surface area contributed by atoms with Gasteiger partial charge in [-0.15, -0.1) is 0 Å². The van der Waals surface area contributed by atoms with E-state index in [1.165, 1.54) is 11.8 Å². The lowest BCUT2D eigenvalue weighted by atomic mass is 10.2. The summed E-state index contributed by atoms with van der Waals surface area (Å²) in [6, 6.07) is 11.2. The summed E-state index contributed by atoms with van der Waals surface area (Å²) < 4.78 is 5.84. The average molecular weight is 361 g/mol. The number of carbonyl (C=O) groups excluding carboxylic acids is 1. The lowest BCUT2D eigenvalue weighted by molar-refractivity contribution is -0.122. The summed E-state index contributed by atoms with van der Waals surface area (Å²) in [6.07, 6.45) is 1.76. The summed E-state index contributed by atoms with van der Waals surface area (Å²) in [7, 11) is 0. The molecule has 0 radical (unpaired) electrons. The number of halogens is 1. The van der Waals surface area contributed by atoms with Crippen LogP contribution < -0.4 is 0 Å². The monoisotopic (exact) mass is 360 g/mol. The topological polar surface area (TPSA) is 45.8 Å². The number of amides is 1. The minimum Gasteiger partial charge on any atom is -0.457 e. The van der Waals surface area contributed by atoms with Crippen LogP contribution in [-0.2, 0) is 4.79 Å². The molecule has 1 aromatic heterocycles. The van der Waals surface area contributed by atoms with Crippen molar-refractivity contribution in [3.8, 4) is 11.3 Å². The van der Waals surface area contributed by atoms with Crippen LogP contribution in [0, 0.1) is 0 Å². The molecule has 1 saturated heterocycles. The van der Waals surface area contributed by atoms with Crippen molar-refractivity contribution in [1.29, 1.82) is 0 Å². The number of aliphatic imine (C=N–C) groups is 1. The summed E-state index contributed by atoms with van der Waals surface area (Å²) in [5.74, 6) is 1.26. The molecule has 2 heterocycles. The van der Waals surface area contributed by atoms with Crippen molar-refractivity contribution < 1.29 is 9.21 Å². The molecule has 1 aliphatic rings. The molecule has 6 heteroatoms. The molecule has 1 aromatic carbocycles. The molecule has 1 fully saturated rings. The predicted octanol–water partition coefficient (Wildman–Crippen LogP) is 4.91. The third-order valence-electron chi connectivity index (χ3n) is 3.54. The second-order valence-electron chi connectivity index (χ2n) is 5.10. The Bertz CT molecular complexity index is 826. The number of furan rings is 1. The van der Waals surface area contributed by atoms with Gasteiger partial charge in [0.2, 0.25) is 0 Å². The zero-order chi connectivity index (χ0) is 17.1. The molecule has 124 valence electrons. The molecule has 0 N–H and O–H groups in total. The van der Waals surface area contributed by atoms with E-state index in [1.54, 1.807) is 11.0 Å². The fourth-order valence-corrected chi connectivity index (χ4v) is 3.72. The number of amidine groups is 1. The Labute approximate surface area is 150 Å². The highest BCUT2D eigenvalue weighted by Crippen LogP contribution is 2.34. The molecule has 4 nitrogen and oxygen atoms in total. The van der Waals surface area contributed by atoms with Gasteiger partial charge in [0, 0.05) is 24.7 Å². The number of benzene rings is 1. The van der Waals surface area contributed by atoms with Gasteiger partial charge in [-0.3, -0.25) is 14.7 Å². The van der Waals surface area contributed by atoms with Gasteiger partial charge in [-0.25, -0.2) is 0 Å². The van der Waals surface area contributed by atoms with Gasteiger partial charge in [0.15, 0.2) is 5.17 Å². The van der Waals surface area contributed by atoms with E-state index in [0.29, 0.717) is 34.5 Å². The van der Waals surface area contributed by atoms with Gasteiger partial charge in [0.25, 0.3) is 5.91 Å². The lowest BCUT2D eigenvalue weighted by Crippen LogP contribution is -2.28. The molecular weight excluding hydrogens is 344 g/mol. The highest BCUT2D eigenvalue weighted by Gasteiger charge is 2.32. The Morgan fingerprint density at radius 2 is 2.04 bits per heavy atom. The van der Waals surface area contributed by atoms with Crippen molar-refractivity contribution in [3.63, 3.8) is 0 Å². The lowest BCUT2D eigenvalue weighted by Gasteiger charge is -2.11. The number of rotatable bonds is 4. The molecule has 1 aliphatic heterocycles. The van der Waals surface area contributed by atoms with Crippen LogP contribution in [0.5, 0.6) is 0 Å². The van der Waals surface area contributed by atoms with E-state index >= 15 is 0 Å². The van der Waals surface area contributed by atoms with Gasteiger partial charge < -0.3 is 4.42 Å². The van der Waals surface area contributed by atoms with Crippen molar-refractivity contribution in [3.05, 3.63) is 52.1 Å². The molecule has 0 bridgehead atoms. The SMILES string of the molecule is CCN=C1SC(=Cc2ccc(-c3ccccc3Cl)o2)C(=O)N1CC. The number of likely N-dealkylation sites (N-methyl/N-ethyl adjacent to an activating group) is 1. The minimum absolute atomic E-state index is 0.0367. The van der Waals surface area contributed by atoms with Gasteiger partial charge in [-0.2, -0.15) is 0 Å². The second-order valence-corrected chi connectivity index (χ2v) is 6.52. The first-order valence-electron chi connectivity index (χ1n) is 7.74. The Morgan fingerprint density at radius 1 is 1.25 bits per heavy atom. The number of nitrogens with zero attached hydrogens (tertiary/aromatic N) is 2. The predicted molar refractivity (Wildman–Crippen MR) is 100 cm³/mol. The fraction of sp³-hybridized carbons (Fsp3) is 0.222. The normalized spacial score (nSPS) is 18.1. The van der Waals surface area contributed by atoms with Gasteiger partial charge in [0.1, 0.15) is 11.5 Å². The van der Waals surface area contributed by atoms with Crippen LogP contribution in [0.25, 0.3) is 17.4 Å². The van der Waals surface area contributed by atoms with Crippen molar-refractivity contribution >= 4 is 40.5 Å². The van der Waals surface area contributed by atoms with Crippen LogP contribution in [0.2, 0.25) is 5.02 Å². The van der Waals surface area contributed by atoms with E-state index in [1.807, 2.05) is 50.2 Å². The van der Waals surface area contributed by atoms with Crippen LogP contribution in [-0.4, -0.2) is 29.1 Å². The van der Waals surface area contributed by atoms with E-state index < -0.39 is 0 Å². The molecule has 3 rings (SSSR count). The van der Waals surface area contributed by atoms with Crippen LogP contribution >= 0.6 is 23.4 Å². The molecule has 1 amide bonds. The third kappa shape index (κ3) is 3.28. The summed E-state index contributed by atoms with van der Waals surface area (Å²) in [6.45, 7) is 5.15. The van der Waals surface area contributed by atoms with Crippen LogP contribution in [0.1, 0.15) is 19.6 Å². The number of carbonyl (C=O) groups is 1. The second kappa shape index (κ2) is 7.28. The Morgan fingerprint density at radius 3 is 2.75 bits per heavy atom. The standard InChI is InChI=1S/C18H17ClN2O2S/c1-3-20-18-21(4-2)17(22)16(24-18)11-12-9-10-15(23-12)13-7-5-6-8-14(13)19/h5-11H,3-4H2,1-2H3. The van der Waals surface area contributed by atoms with Crippen molar-refractivity contribution in [2.45, 2.75) is 13.8 Å². The van der Waals surface area contributed by atoms with E-state index in [9.17, 15) is 4.79 Å². The van der Waals surface area contributed by atoms with E-state index in [-0.39, 0.29) is 5.91 Å². The molecular formula is C18H17ClN2O2S. The van der Waals surface area contributed by atoms with Gasteiger partial charge in [0.05, 0.1) is 9.93 Å². The van der Waals surface area contributed by atoms with E-state index in [2.05, 4.69) is 4.99 Å². The number of hydrogen-bond donors (Lipinski definition) is 0. The maximum atomic E-state index is 12.5. The highest BCUT2D eigenvalue weighted by molar-refractivity contribution is 8.18. The van der Waals surface area contributed by atoms with Crippen LogP contribution in [0.4, 0.5) is 0 Å². The maximum Gasteiger partial charge on any atom is 0.266 e. The highest BCUT2D eigenvalue weighted by atomic mass is 35.5. The molecule has 0 atom stereocenters. The summed E-state index contributed by atoms with van der Waals surface area (Å²) in [4.78, 5) is 19.1. The smallest absolute Gasteiger partial charge is 0.266 e. The molecule has 24 heavy (non-hydrogen) atoms. The maximum absolute atomic E-state index is 12.5. The average Bonchev–Trinajstić information content (AvgIpc) is 3.14. The largest absolute Gasteiger partial charge is 0.457 e. The summed E-state index contributed by atoms with van der Waals surface area (Å²) >= 11 is 7.58. The zero-order valence-corrected chi connectivity index (χ0v) is 15.0. The van der Waals surface area contributed by atoms with Crippen LogP contribution in [0.15, 0.2) is 50.7 Å². The summed E-state index contributed by atoms with van der Waals surface area (Å²) in [5, 5.41) is 1.38. The molecule has 0 aliphatic carbocycles. The first kappa shape index (κ1) is 16.9. The number of hydrogen-bond acceptors (Lipinski definition) is 4. The van der Waals surface area contributed by atoms with Crippen LogP contribution in [0.3, 0.4) is 0 Å². The fourth-order valence-electron chi connectivity index (χ4n) is 2.41. The first-order valence-corrected chi connectivity index (χ1v) is 8.94. The molecule has 0 unspecified atom stereocenters. The first-order chi connectivity index (χ1) is 11.6. The molecule has 0 saturated carbocycles. The molecule has 2 aromatic rings. The van der Waals surface area contributed by atoms with E-state index in [0.717, 1.165) is 10.7 Å². The number of thioether (sulfide) groups is 1. The Balaban J connectivity index is 1.89. The van der Waals surface area contributed by atoms with Gasteiger partial charge in [-0.05, 0) is 49.9 Å². The minimum atomic E-state index is -0.0367. The Kier molecular flexibility index (Phi) is 5.11. The zero-order valence-electron chi connectivity index (χ0n) is 13.5. The quantitative estimate of drug-likeness (QED) is 0.727. The van der Waals surface area contributed by atoms with E-state index in [4.69, 9.17) is 16.0 Å². The van der Waals surface area contributed by atoms with Crippen molar-refractivity contribution in [2.24, 2.45) is 4.99 Å². The Hall–Kier alpha value is -1.98. The van der Waals surface area contributed by atoms with Crippen molar-refractivity contribution in [2.75, 3.05) is 13.1 Å². The van der Waals surface area contributed by atoms with Gasteiger partial charge >= 0.3 is 0 Å². The van der Waals surface area contributed by atoms with Gasteiger partial charge in [-0.1, -0.05) is 23.7 Å². The summed E-state index contributed by atoms with van der Waals surface area (Å²) in [5.41, 5.74) is 0.831. The third-order valence-corrected chi connectivity index (χ3v) is 4.91. The molecule has 0 spiro atoms. The van der Waals surface area contributed by atoms with Crippen molar-refractivity contribution in [1.82, 2.24) is 4.90 Å².